The Kier molecular flexibility index (Phi) is 4.54. The van der Waals surface area contributed by atoms with Crippen LogP contribution in [0.5, 0.6) is 0 Å². The number of nitrogens with zero attached hydrogens (tertiary/aromatic N) is 1. The Morgan fingerprint density at radius 2 is 2.06 bits per heavy atom. The molecule has 0 aliphatic carbocycles. The third-order valence-electron chi connectivity index (χ3n) is 2.64. The van der Waals surface area contributed by atoms with Crippen molar-refractivity contribution in [1.82, 2.24) is 9.94 Å². The van der Waals surface area contributed by atoms with Crippen molar-refractivity contribution in [2.45, 2.75) is 13.8 Å². The topological polar surface area (TPSA) is 58.0 Å². The molecule has 1 aromatic rings. The molecule has 1 aromatic heterocycles. The first-order chi connectivity index (χ1) is 8.51. The van der Waals surface area contributed by atoms with Crippen LogP contribution in [0.2, 0.25) is 0 Å². The molecule has 0 aliphatic rings. The number of allylic oxidation sites excluding steroid dienone is 6. The molecule has 0 unspecified atom stereocenters. The number of H-pyrrole nitrogens is 1. The fraction of sp³-hybridized carbons (Fsp3) is 0.214. The molecule has 18 heavy (non-hydrogen) atoms. The highest BCUT2D eigenvalue weighted by atomic mass is 16.5. The van der Waals surface area contributed by atoms with Crippen molar-refractivity contribution >= 4 is 5.57 Å². The van der Waals surface area contributed by atoms with Crippen LogP contribution in [0.3, 0.4) is 0 Å². The van der Waals surface area contributed by atoms with Gasteiger partial charge < -0.3 is 5.21 Å². The Morgan fingerprint density at radius 1 is 1.39 bits per heavy atom. The molecule has 4 nitrogen and oxygen atoms in total. The smallest absolute Gasteiger partial charge is 0.309 e. The van der Waals surface area contributed by atoms with Crippen LogP contribution in [0, 0.1) is 5.92 Å². The maximum atomic E-state index is 11.6. The Balaban J connectivity index is 3.19. The second kappa shape index (κ2) is 5.91. The van der Waals surface area contributed by atoms with E-state index in [1.165, 1.54) is 6.20 Å². The SMILES string of the molecule is C=C/C(=C\C=C(/C=C)c1c[nH]n(O)c1=O)C(C)C. The summed E-state index contributed by atoms with van der Waals surface area (Å²) in [5, 5.41) is 11.6. The first kappa shape index (κ1) is 13.8. The Morgan fingerprint density at radius 3 is 2.44 bits per heavy atom. The molecule has 0 saturated carbocycles. The van der Waals surface area contributed by atoms with E-state index in [0.29, 0.717) is 21.9 Å². The molecule has 0 saturated heterocycles. The quantitative estimate of drug-likeness (QED) is 0.620. The summed E-state index contributed by atoms with van der Waals surface area (Å²) in [6.45, 7) is 11.5. The highest BCUT2D eigenvalue weighted by Crippen LogP contribution is 2.15. The minimum Gasteiger partial charge on any atom is -0.410 e. The van der Waals surface area contributed by atoms with Crippen LogP contribution in [0.1, 0.15) is 19.4 Å². The van der Waals surface area contributed by atoms with Crippen LogP contribution in [0.25, 0.3) is 5.57 Å². The van der Waals surface area contributed by atoms with Gasteiger partial charge in [0.05, 0.1) is 5.56 Å². The third-order valence-corrected chi connectivity index (χ3v) is 2.64. The molecule has 0 fully saturated rings. The molecular formula is C14H18N2O2. The lowest BCUT2D eigenvalue weighted by Crippen LogP contribution is -2.15. The van der Waals surface area contributed by atoms with Crippen LogP contribution in [0.15, 0.2) is 54.0 Å². The van der Waals surface area contributed by atoms with Crippen LogP contribution < -0.4 is 5.56 Å². The van der Waals surface area contributed by atoms with E-state index >= 15 is 0 Å². The summed E-state index contributed by atoms with van der Waals surface area (Å²) in [5.74, 6) is 0.352. The van der Waals surface area contributed by atoms with Crippen LogP contribution in [0.4, 0.5) is 0 Å². The molecule has 0 aromatic carbocycles. The zero-order valence-corrected chi connectivity index (χ0v) is 10.7. The van der Waals surface area contributed by atoms with E-state index in [1.807, 2.05) is 6.08 Å². The lowest BCUT2D eigenvalue weighted by molar-refractivity contribution is 0.140. The van der Waals surface area contributed by atoms with Crippen molar-refractivity contribution in [3.63, 3.8) is 0 Å². The number of rotatable bonds is 5. The molecule has 2 N–H and O–H groups in total. The fourth-order valence-electron chi connectivity index (χ4n) is 1.52. The normalized spacial score (nSPS) is 12.8. The van der Waals surface area contributed by atoms with Gasteiger partial charge in [0.15, 0.2) is 0 Å². The molecule has 96 valence electrons. The minimum absolute atomic E-state index is 0.352. The second-order valence-electron chi connectivity index (χ2n) is 4.16. The van der Waals surface area contributed by atoms with Gasteiger partial charge in [-0.2, -0.15) is 0 Å². The van der Waals surface area contributed by atoms with E-state index in [2.05, 4.69) is 32.1 Å². The lowest BCUT2D eigenvalue weighted by atomic mass is 10.0. The van der Waals surface area contributed by atoms with Gasteiger partial charge in [0, 0.05) is 6.20 Å². The van der Waals surface area contributed by atoms with E-state index in [0.717, 1.165) is 5.57 Å². The third kappa shape index (κ3) is 2.91. The Labute approximate surface area is 106 Å². The standard InChI is InChI=1S/C14H18N2O2/c1-5-11(10(3)4)7-8-12(6-2)13-9-15-16(18)14(13)17/h5-10,15,18H,1-2H2,3-4H3/b11-7+,12-8+. The first-order valence-corrected chi connectivity index (χ1v) is 5.68. The zero-order chi connectivity index (χ0) is 13.7. The van der Waals surface area contributed by atoms with Crippen molar-refractivity contribution in [3.05, 3.63) is 65.1 Å². The van der Waals surface area contributed by atoms with Gasteiger partial charge in [-0.3, -0.25) is 9.89 Å². The molecule has 0 aliphatic heterocycles. The molecule has 0 amide bonds. The summed E-state index contributed by atoms with van der Waals surface area (Å²) < 4.78 is 0. The van der Waals surface area contributed by atoms with E-state index in [1.54, 1.807) is 18.2 Å². The Hall–Kier alpha value is -2.23. The maximum absolute atomic E-state index is 11.6. The molecule has 4 heteroatoms. The summed E-state index contributed by atoms with van der Waals surface area (Å²) in [7, 11) is 0. The summed E-state index contributed by atoms with van der Waals surface area (Å²) in [5.41, 5.74) is 1.58. The van der Waals surface area contributed by atoms with Crippen molar-refractivity contribution in [2.75, 3.05) is 0 Å². The molecule has 1 rings (SSSR count). The van der Waals surface area contributed by atoms with Gasteiger partial charge in [0.1, 0.15) is 0 Å². The van der Waals surface area contributed by atoms with Crippen LogP contribution in [-0.2, 0) is 0 Å². The number of hydrogen-bond acceptors (Lipinski definition) is 2. The van der Waals surface area contributed by atoms with E-state index in [4.69, 9.17) is 5.21 Å². The van der Waals surface area contributed by atoms with Crippen molar-refractivity contribution in [1.29, 1.82) is 0 Å². The van der Waals surface area contributed by atoms with Gasteiger partial charge in [-0.05, 0) is 17.1 Å². The number of aromatic nitrogens is 2. The molecular weight excluding hydrogens is 228 g/mol. The molecule has 0 radical (unpaired) electrons. The number of hydrogen-bond donors (Lipinski definition) is 2. The van der Waals surface area contributed by atoms with Crippen molar-refractivity contribution < 1.29 is 5.21 Å². The predicted molar refractivity (Wildman–Crippen MR) is 73.5 cm³/mol. The lowest BCUT2D eigenvalue weighted by Gasteiger charge is -2.04. The zero-order valence-electron chi connectivity index (χ0n) is 10.7. The largest absolute Gasteiger partial charge is 0.410 e. The summed E-state index contributed by atoms with van der Waals surface area (Å²) in [4.78, 5) is 12.0. The van der Waals surface area contributed by atoms with Gasteiger partial charge in [0.25, 0.3) is 0 Å². The molecule has 0 spiro atoms. The average Bonchev–Trinajstić information content (AvgIpc) is 2.66. The maximum Gasteiger partial charge on any atom is 0.309 e. The number of aromatic amines is 1. The van der Waals surface area contributed by atoms with Gasteiger partial charge in [-0.25, -0.2) is 0 Å². The van der Waals surface area contributed by atoms with Gasteiger partial charge >= 0.3 is 5.56 Å². The molecule has 0 atom stereocenters. The van der Waals surface area contributed by atoms with E-state index < -0.39 is 5.56 Å². The predicted octanol–water partition coefficient (Wildman–Crippen LogP) is 2.75. The highest BCUT2D eigenvalue weighted by molar-refractivity contribution is 5.74. The fourth-order valence-corrected chi connectivity index (χ4v) is 1.52. The Bertz CT molecular complexity index is 557. The van der Waals surface area contributed by atoms with Gasteiger partial charge in [-0.15, -0.1) is 0 Å². The monoisotopic (exact) mass is 246 g/mol. The van der Waals surface area contributed by atoms with Crippen LogP contribution >= 0.6 is 0 Å². The van der Waals surface area contributed by atoms with Gasteiger partial charge in [0.2, 0.25) is 0 Å². The minimum atomic E-state index is -0.501. The van der Waals surface area contributed by atoms with E-state index in [-0.39, 0.29) is 0 Å². The van der Waals surface area contributed by atoms with E-state index in [9.17, 15) is 4.79 Å². The first-order valence-electron chi connectivity index (χ1n) is 5.68. The summed E-state index contributed by atoms with van der Waals surface area (Å²) in [6, 6.07) is 0. The summed E-state index contributed by atoms with van der Waals surface area (Å²) >= 11 is 0. The molecule has 0 bridgehead atoms. The van der Waals surface area contributed by atoms with Crippen molar-refractivity contribution in [3.8, 4) is 0 Å². The van der Waals surface area contributed by atoms with Gasteiger partial charge in [-0.1, -0.05) is 56.2 Å². The average molecular weight is 246 g/mol. The highest BCUT2D eigenvalue weighted by Gasteiger charge is 2.07. The van der Waals surface area contributed by atoms with Crippen LogP contribution in [-0.4, -0.2) is 15.2 Å². The second-order valence-corrected chi connectivity index (χ2v) is 4.16. The number of nitrogens with one attached hydrogen (secondary N) is 1. The summed E-state index contributed by atoms with van der Waals surface area (Å²) in [6.07, 6.45) is 8.47. The van der Waals surface area contributed by atoms with Crippen molar-refractivity contribution in [2.24, 2.45) is 5.92 Å². The molecule has 1 heterocycles.